The van der Waals surface area contributed by atoms with Crippen LogP contribution in [0.4, 0.5) is 0 Å². The number of rotatable bonds is 3. The molecule has 0 saturated heterocycles. The SMILES string of the molecule is CC(C)(C)OCc1ccc(CO)nc1. The van der Waals surface area contributed by atoms with E-state index in [4.69, 9.17) is 9.84 Å². The molecule has 0 saturated carbocycles. The lowest BCUT2D eigenvalue weighted by atomic mass is 10.2. The van der Waals surface area contributed by atoms with Crippen LogP contribution >= 0.6 is 0 Å². The normalized spacial score (nSPS) is 11.7. The number of nitrogens with zero attached hydrogens (tertiary/aromatic N) is 1. The Balaban J connectivity index is 2.52. The third-order valence-corrected chi connectivity index (χ3v) is 1.72. The van der Waals surface area contributed by atoms with Gasteiger partial charge in [-0.15, -0.1) is 0 Å². The summed E-state index contributed by atoms with van der Waals surface area (Å²) in [6.07, 6.45) is 1.73. The number of hydrogen-bond donors (Lipinski definition) is 1. The highest BCUT2D eigenvalue weighted by Gasteiger charge is 2.09. The molecule has 0 radical (unpaired) electrons. The average molecular weight is 195 g/mol. The molecule has 0 spiro atoms. The molecule has 1 aromatic rings. The van der Waals surface area contributed by atoms with Crippen LogP contribution in [0.2, 0.25) is 0 Å². The topological polar surface area (TPSA) is 42.4 Å². The first kappa shape index (κ1) is 11.1. The Kier molecular flexibility index (Phi) is 3.61. The summed E-state index contributed by atoms with van der Waals surface area (Å²) in [6, 6.07) is 3.73. The highest BCUT2D eigenvalue weighted by molar-refractivity contribution is 5.12. The fraction of sp³-hybridized carbons (Fsp3) is 0.545. The van der Waals surface area contributed by atoms with Crippen LogP contribution in [0, 0.1) is 0 Å². The average Bonchev–Trinajstić information content (AvgIpc) is 2.14. The van der Waals surface area contributed by atoms with Crippen LogP contribution in [0.25, 0.3) is 0 Å². The van der Waals surface area contributed by atoms with Crippen LogP contribution in [-0.2, 0) is 18.0 Å². The summed E-state index contributed by atoms with van der Waals surface area (Å²) in [5, 5.41) is 8.79. The van der Waals surface area contributed by atoms with Crippen molar-refractivity contribution in [3.63, 3.8) is 0 Å². The zero-order valence-electron chi connectivity index (χ0n) is 8.95. The highest BCUT2D eigenvalue weighted by Crippen LogP contribution is 2.11. The van der Waals surface area contributed by atoms with Crippen molar-refractivity contribution in [2.45, 2.75) is 39.6 Å². The molecule has 1 aromatic heterocycles. The van der Waals surface area contributed by atoms with Crippen molar-refractivity contribution in [2.75, 3.05) is 0 Å². The van der Waals surface area contributed by atoms with Gasteiger partial charge in [0.15, 0.2) is 0 Å². The standard InChI is InChI=1S/C11H17NO2/c1-11(2,3)14-8-9-4-5-10(7-13)12-6-9/h4-6,13H,7-8H2,1-3H3. The summed E-state index contributed by atoms with van der Waals surface area (Å²) in [7, 11) is 0. The van der Waals surface area contributed by atoms with Gasteiger partial charge in [0.1, 0.15) is 0 Å². The van der Waals surface area contributed by atoms with Gasteiger partial charge in [-0.2, -0.15) is 0 Å². The van der Waals surface area contributed by atoms with Gasteiger partial charge in [-0.05, 0) is 32.4 Å². The Morgan fingerprint density at radius 1 is 1.36 bits per heavy atom. The number of pyridine rings is 1. The monoisotopic (exact) mass is 195 g/mol. The minimum Gasteiger partial charge on any atom is -0.390 e. The zero-order valence-corrected chi connectivity index (χ0v) is 8.95. The first-order chi connectivity index (χ1) is 6.51. The second kappa shape index (κ2) is 4.53. The fourth-order valence-corrected chi connectivity index (χ4v) is 0.934. The summed E-state index contributed by atoms with van der Waals surface area (Å²) in [4.78, 5) is 4.07. The van der Waals surface area contributed by atoms with E-state index in [0.29, 0.717) is 12.3 Å². The van der Waals surface area contributed by atoms with Crippen LogP contribution in [0.3, 0.4) is 0 Å². The van der Waals surface area contributed by atoms with Crippen molar-refractivity contribution in [3.05, 3.63) is 29.6 Å². The molecule has 0 atom stereocenters. The Morgan fingerprint density at radius 3 is 2.50 bits per heavy atom. The van der Waals surface area contributed by atoms with E-state index in [1.165, 1.54) is 0 Å². The van der Waals surface area contributed by atoms with Gasteiger partial charge in [-0.1, -0.05) is 6.07 Å². The second-order valence-corrected chi connectivity index (χ2v) is 4.22. The largest absolute Gasteiger partial charge is 0.390 e. The third kappa shape index (κ3) is 3.85. The third-order valence-electron chi connectivity index (χ3n) is 1.72. The molecule has 0 amide bonds. The smallest absolute Gasteiger partial charge is 0.0852 e. The van der Waals surface area contributed by atoms with Gasteiger partial charge in [0.05, 0.1) is 24.5 Å². The van der Waals surface area contributed by atoms with Crippen molar-refractivity contribution in [3.8, 4) is 0 Å². The van der Waals surface area contributed by atoms with Crippen LogP contribution in [0.1, 0.15) is 32.0 Å². The fourth-order valence-electron chi connectivity index (χ4n) is 0.934. The Hall–Kier alpha value is -0.930. The first-order valence-electron chi connectivity index (χ1n) is 4.70. The number of aliphatic hydroxyl groups excluding tert-OH is 1. The summed E-state index contributed by atoms with van der Waals surface area (Å²) in [5.41, 5.74) is 1.58. The maximum atomic E-state index is 8.79. The minimum absolute atomic E-state index is 0.0135. The highest BCUT2D eigenvalue weighted by atomic mass is 16.5. The van der Waals surface area contributed by atoms with E-state index in [1.54, 1.807) is 12.3 Å². The maximum absolute atomic E-state index is 8.79. The van der Waals surface area contributed by atoms with Gasteiger partial charge in [-0.25, -0.2) is 0 Å². The molecule has 0 aromatic carbocycles. The summed E-state index contributed by atoms with van der Waals surface area (Å²) < 4.78 is 5.59. The van der Waals surface area contributed by atoms with Crippen LogP contribution < -0.4 is 0 Å². The number of aromatic nitrogens is 1. The first-order valence-corrected chi connectivity index (χ1v) is 4.70. The Morgan fingerprint density at radius 2 is 2.07 bits per heavy atom. The van der Waals surface area contributed by atoms with Crippen molar-refractivity contribution in [2.24, 2.45) is 0 Å². The predicted octanol–water partition coefficient (Wildman–Crippen LogP) is 1.89. The van der Waals surface area contributed by atoms with Gasteiger partial charge in [0, 0.05) is 6.20 Å². The van der Waals surface area contributed by atoms with Gasteiger partial charge >= 0.3 is 0 Å². The number of aliphatic hydroxyl groups is 1. The molecule has 78 valence electrons. The van der Waals surface area contributed by atoms with Gasteiger partial charge < -0.3 is 9.84 Å². The van der Waals surface area contributed by atoms with E-state index in [0.717, 1.165) is 5.56 Å². The van der Waals surface area contributed by atoms with Crippen molar-refractivity contribution in [1.82, 2.24) is 4.98 Å². The Labute approximate surface area is 84.7 Å². The molecule has 0 fully saturated rings. The van der Waals surface area contributed by atoms with E-state index in [2.05, 4.69) is 4.98 Å². The van der Waals surface area contributed by atoms with Crippen LogP contribution in [-0.4, -0.2) is 15.7 Å². The molecule has 1 heterocycles. The summed E-state index contributed by atoms with van der Waals surface area (Å²) >= 11 is 0. The lowest BCUT2D eigenvalue weighted by Crippen LogP contribution is -2.18. The van der Waals surface area contributed by atoms with Crippen molar-refractivity contribution >= 4 is 0 Å². The molecular weight excluding hydrogens is 178 g/mol. The molecule has 3 heteroatoms. The Bertz CT molecular complexity index is 274. The van der Waals surface area contributed by atoms with Gasteiger partial charge in [0.2, 0.25) is 0 Å². The van der Waals surface area contributed by atoms with E-state index in [9.17, 15) is 0 Å². The number of hydrogen-bond acceptors (Lipinski definition) is 3. The second-order valence-electron chi connectivity index (χ2n) is 4.22. The van der Waals surface area contributed by atoms with Crippen LogP contribution in [0.5, 0.6) is 0 Å². The van der Waals surface area contributed by atoms with Crippen molar-refractivity contribution in [1.29, 1.82) is 0 Å². The molecule has 3 nitrogen and oxygen atoms in total. The molecular formula is C11H17NO2. The zero-order chi connectivity index (χ0) is 10.6. The lowest BCUT2D eigenvalue weighted by Gasteiger charge is -2.19. The molecule has 1 rings (SSSR count). The summed E-state index contributed by atoms with van der Waals surface area (Å²) in [5.74, 6) is 0. The molecule has 0 aliphatic rings. The van der Waals surface area contributed by atoms with E-state index < -0.39 is 0 Å². The molecule has 14 heavy (non-hydrogen) atoms. The van der Waals surface area contributed by atoms with E-state index in [1.807, 2.05) is 26.8 Å². The van der Waals surface area contributed by atoms with Gasteiger partial charge in [0.25, 0.3) is 0 Å². The van der Waals surface area contributed by atoms with Crippen LogP contribution in [0.15, 0.2) is 18.3 Å². The minimum atomic E-state index is -0.129. The maximum Gasteiger partial charge on any atom is 0.0852 e. The van der Waals surface area contributed by atoms with Crippen molar-refractivity contribution < 1.29 is 9.84 Å². The van der Waals surface area contributed by atoms with Gasteiger partial charge in [-0.3, -0.25) is 4.98 Å². The predicted molar refractivity (Wildman–Crippen MR) is 54.7 cm³/mol. The lowest BCUT2D eigenvalue weighted by molar-refractivity contribution is -0.0150. The van der Waals surface area contributed by atoms with E-state index in [-0.39, 0.29) is 12.2 Å². The molecule has 0 bridgehead atoms. The summed E-state index contributed by atoms with van der Waals surface area (Å²) in [6.45, 7) is 6.59. The molecule has 0 aliphatic heterocycles. The quantitative estimate of drug-likeness (QED) is 0.800. The molecule has 1 N–H and O–H groups in total. The molecule has 0 unspecified atom stereocenters. The number of ether oxygens (including phenoxy) is 1. The van der Waals surface area contributed by atoms with E-state index >= 15 is 0 Å². The molecule has 0 aliphatic carbocycles.